The Bertz CT molecular complexity index is 530. The van der Waals surface area contributed by atoms with Gasteiger partial charge in [0.05, 0.1) is 31.5 Å². The van der Waals surface area contributed by atoms with E-state index in [-0.39, 0.29) is 6.10 Å². The number of hydrogen-bond acceptors (Lipinski definition) is 5. The molecule has 1 atom stereocenters. The van der Waals surface area contributed by atoms with Gasteiger partial charge in [-0.25, -0.2) is 4.98 Å². The zero-order chi connectivity index (χ0) is 14.7. The second-order valence-electron chi connectivity index (χ2n) is 5.51. The van der Waals surface area contributed by atoms with Crippen LogP contribution in [-0.4, -0.2) is 42.4 Å². The topological polar surface area (TPSA) is 69.4 Å². The number of rotatable bonds is 4. The van der Waals surface area contributed by atoms with Crippen molar-refractivity contribution in [3.05, 3.63) is 22.9 Å². The summed E-state index contributed by atoms with van der Waals surface area (Å²) in [7, 11) is 0. The van der Waals surface area contributed by atoms with Crippen LogP contribution in [-0.2, 0) is 22.3 Å². The van der Waals surface area contributed by atoms with Gasteiger partial charge in [0.1, 0.15) is 10.8 Å². The number of aryl methyl sites for hydroxylation is 2. The van der Waals surface area contributed by atoms with Crippen molar-refractivity contribution in [2.24, 2.45) is 5.73 Å². The van der Waals surface area contributed by atoms with Crippen LogP contribution in [0, 0.1) is 0 Å². The normalized spacial score (nSPS) is 21.6. The highest BCUT2D eigenvalue weighted by Crippen LogP contribution is 2.25. The molecule has 1 saturated heterocycles. The maximum absolute atomic E-state index is 5.85. The van der Waals surface area contributed by atoms with Gasteiger partial charge < -0.3 is 20.5 Å². The lowest BCUT2D eigenvalue weighted by Gasteiger charge is -2.24. The number of anilines is 1. The standard InChI is InChI=1S/C15H21N3O2S/c16-14(21)12-7-10-3-1-2-4-13(10)18-15(12)17-8-11-9-19-5-6-20-11/h7,11H,1-6,8-9H2,(H2,16,21)(H,17,18). The Labute approximate surface area is 130 Å². The van der Waals surface area contributed by atoms with Crippen LogP contribution in [0.15, 0.2) is 6.07 Å². The van der Waals surface area contributed by atoms with Crippen molar-refractivity contribution in [1.29, 1.82) is 0 Å². The highest BCUT2D eigenvalue weighted by Gasteiger charge is 2.19. The summed E-state index contributed by atoms with van der Waals surface area (Å²) in [6, 6.07) is 2.10. The van der Waals surface area contributed by atoms with E-state index in [0.717, 1.165) is 24.2 Å². The molecule has 3 rings (SSSR count). The number of hydrogen-bond donors (Lipinski definition) is 2. The van der Waals surface area contributed by atoms with Crippen molar-refractivity contribution in [3.8, 4) is 0 Å². The first-order valence-corrected chi connectivity index (χ1v) is 7.90. The molecule has 1 aliphatic carbocycles. The molecule has 114 valence electrons. The lowest BCUT2D eigenvalue weighted by atomic mass is 9.94. The van der Waals surface area contributed by atoms with Crippen molar-refractivity contribution in [2.45, 2.75) is 31.8 Å². The monoisotopic (exact) mass is 307 g/mol. The molecular formula is C15H21N3O2S. The van der Waals surface area contributed by atoms with Gasteiger partial charge in [-0.05, 0) is 37.3 Å². The van der Waals surface area contributed by atoms with Gasteiger partial charge in [-0.3, -0.25) is 0 Å². The van der Waals surface area contributed by atoms with E-state index in [4.69, 9.17) is 32.4 Å². The molecule has 0 spiro atoms. The zero-order valence-electron chi connectivity index (χ0n) is 12.1. The molecule has 2 heterocycles. The van der Waals surface area contributed by atoms with Crippen LogP contribution in [0.25, 0.3) is 0 Å². The number of pyridine rings is 1. The maximum Gasteiger partial charge on any atom is 0.136 e. The number of thiocarbonyl (C=S) groups is 1. The minimum atomic E-state index is 0.0516. The van der Waals surface area contributed by atoms with Gasteiger partial charge in [-0.1, -0.05) is 12.2 Å². The van der Waals surface area contributed by atoms with E-state index >= 15 is 0 Å². The highest BCUT2D eigenvalue weighted by atomic mass is 32.1. The van der Waals surface area contributed by atoms with Crippen LogP contribution in [0.1, 0.15) is 29.7 Å². The van der Waals surface area contributed by atoms with E-state index in [1.807, 2.05) is 0 Å². The largest absolute Gasteiger partial charge is 0.389 e. The van der Waals surface area contributed by atoms with E-state index in [9.17, 15) is 0 Å². The molecule has 21 heavy (non-hydrogen) atoms. The van der Waals surface area contributed by atoms with Crippen LogP contribution in [0.3, 0.4) is 0 Å². The van der Waals surface area contributed by atoms with Crippen molar-refractivity contribution in [2.75, 3.05) is 31.7 Å². The summed E-state index contributed by atoms with van der Waals surface area (Å²) in [6.45, 7) is 2.58. The van der Waals surface area contributed by atoms with Crippen molar-refractivity contribution in [3.63, 3.8) is 0 Å². The molecule has 1 fully saturated rings. The fourth-order valence-corrected chi connectivity index (χ4v) is 2.98. The van der Waals surface area contributed by atoms with Gasteiger partial charge in [0.2, 0.25) is 0 Å². The van der Waals surface area contributed by atoms with Gasteiger partial charge in [-0.2, -0.15) is 0 Å². The van der Waals surface area contributed by atoms with Crippen molar-refractivity contribution >= 4 is 23.0 Å². The predicted octanol–water partition coefficient (Wildman–Crippen LogP) is 1.42. The molecule has 1 aliphatic heterocycles. The summed E-state index contributed by atoms with van der Waals surface area (Å²) >= 11 is 5.17. The fraction of sp³-hybridized carbons (Fsp3) is 0.600. The Balaban J connectivity index is 1.77. The van der Waals surface area contributed by atoms with Crippen LogP contribution >= 0.6 is 12.2 Å². The third kappa shape index (κ3) is 3.51. The van der Waals surface area contributed by atoms with Crippen LogP contribution in [0.5, 0.6) is 0 Å². The summed E-state index contributed by atoms with van der Waals surface area (Å²) in [5.74, 6) is 0.775. The van der Waals surface area contributed by atoms with Crippen LogP contribution in [0.2, 0.25) is 0 Å². The Morgan fingerprint density at radius 3 is 3.00 bits per heavy atom. The van der Waals surface area contributed by atoms with E-state index in [2.05, 4.69) is 11.4 Å². The zero-order valence-corrected chi connectivity index (χ0v) is 12.9. The number of nitrogens with two attached hydrogens (primary N) is 1. The summed E-state index contributed by atoms with van der Waals surface area (Å²) in [6.07, 6.45) is 4.56. The lowest BCUT2D eigenvalue weighted by molar-refractivity contribution is -0.0819. The molecule has 0 aromatic carbocycles. The van der Waals surface area contributed by atoms with Crippen molar-refractivity contribution in [1.82, 2.24) is 4.98 Å². The first-order chi connectivity index (χ1) is 10.2. The molecule has 1 unspecified atom stereocenters. The molecule has 0 amide bonds. The van der Waals surface area contributed by atoms with E-state index in [1.165, 1.54) is 24.1 Å². The third-order valence-corrected chi connectivity index (χ3v) is 4.17. The Morgan fingerprint density at radius 1 is 1.38 bits per heavy atom. The summed E-state index contributed by atoms with van der Waals surface area (Å²) in [4.78, 5) is 5.13. The molecule has 1 aromatic rings. The number of fused-ring (bicyclic) bond motifs is 1. The summed E-state index contributed by atoms with van der Waals surface area (Å²) < 4.78 is 11.0. The Kier molecular flexibility index (Phi) is 4.67. The minimum absolute atomic E-state index is 0.0516. The molecular weight excluding hydrogens is 286 g/mol. The average Bonchev–Trinajstić information content (AvgIpc) is 2.53. The SMILES string of the molecule is NC(=S)c1cc2c(nc1NCC1COCCO1)CCCC2. The van der Waals surface area contributed by atoms with Crippen LogP contribution in [0.4, 0.5) is 5.82 Å². The third-order valence-electron chi connectivity index (χ3n) is 3.95. The number of ether oxygens (including phenoxy) is 2. The Morgan fingerprint density at radius 2 is 2.24 bits per heavy atom. The fourth-order valence-electron chi connectivity index (χ4n) is 2.82. The van der Waals surface area contributed by atoms with Gasteiger partial charge >= 0.3 is 0 Å². The maximum atomic E-state index is 5.85. The van der Waals surface area contributed by atoms with Crippen LogP contribution < -0.4 is 11.1 Å². The highest BCUT2D eigenvalue weighted by molar-refractivity contribution is 7.80. The summed E-state index contributed by atoms with van der Waals surface area (Å²) in [5, 5.41) is 3.33. The van der Waals surface area contributed by atoms with Gasteiger partial charge in [0, 0.05) is 12.2 Å². The van der Waals surface area contributed by atoms with E-state index in [0.29, 0.717) is 31.4 Å². The second kappa shape index (κ2) is 6.68. The lowest BCUT2D eigenvalue weighted by Crippen LogP contribution is -2.34. The number of nitrogens with zero attached hydrogens (tertiary/aromatic N) is 1. The molecule has 0 bridgehead atoms. The first kappa shape index (κ1) is 14.7. The van der Waals surface area contributed by atoms with E-state index < -0.39 is 0 Å². The molecule has 2 aliphatic rings. The first-order valence-electron chi connectivity index (χ1n) is 7.50. The van der Waals surface area contributed by atoms with Gasteiger partial charge in [0.15, 0.2) is 0 Å². The average molecular weight is 307 g/mol. The van der Waals surface area contributed by atoms with Gasteiger partial charge in [-0.15, -0.1) is 0 Å². The minimum Gasteiger partial charge on any atom is -0.389 e. The Hall–Kier alpha value is -1.24. The molecule has 5 nitrogen and oxygen atoms in total. The van der Waals surface area contributed by atoms with Gasteiger partial charge in [0.25, 0.3) is 0 Å². The van der Waals surface area contributed by atoms with E-state index in [1.54, 1.807) is 0 Å². The molecule has 0 saturated carbocycles. The smallest absolute Gasteiger partial charge is 0.136 e. The molecule has 0 radical (unpaired) electrons. The summed E-state index contributed by atoms with van der Waals surface area (Å²) in [5.41, 5.74) is 9.14. The number of nitrogens with one attached hydrogen (secondary N) is 1. The number of aromatic nitrogens is 1. The molecule has 6 heteroatoms. The molecule has 3 N–H and O–H groups in total. The second-order valence-corrected chi connectivity index (χ2v) is 5.95. The molecule has 1 aromatic heterocycles. The quantitative estimate of drug-likeness (QED) is 0.820. The predicted molar refractivity (Wildman–Crippen MR) is 85.8 cm³/mol. The van der Waals surface area contributed by atoms with Crippen molar-refractivity contribution < 1.29 is 9.47 Å².